The lowest BCUT2D eigenvalue weighted by Gasteiger charge is -2.13. The Labute approximate surface area is 142 Å². The third-order valence-corrected chi connectivity index (χ3v) is 4.04. The van der Waals surface area contributed by atoms with Crippen LogP contribution in [0.25, 0.3) is 10.8 Å². The van der Waals surface area contributed by atoms with Crippen LogP contribution in [0.15, 0.2) is 46.4 Å². The summed E-state index contributed by atoms with van der Waals surface area (Å²) in [4.78, 5) is 14.0. The lowest BCUT2D eigenvalue weighted by Crippen LogP contribution is -2.09. The van der Waals surface area contributed by atoms with Crippen molar-refractivity contribution in [2.45, 2.75) is 12.8 Å². The number of benzene rings is 1. The van der Waals surface area contributed by atoms with E-state index >= 15 is 0 Å². The van der Waals surface area contributed by atoms with Crippen LogP contribution in [0.3, 0.4) is 0 Å². The number of halogens is 3. The molecule has 0 radical (unpaired) electrons. The highest BCUT2D eigenvalue weighted by atomic mass is 32.1. The molecule has 0 spiro atoms. The molecule has 0 aliphatic rings. The Morgan fingerprint density at radius 3 is 2.76 bits per heavy atom. The lowest BCUT2D eigenvalue weighted by molar-refractivity contribution is -0.385. The summed E-state index contributed by atoms with van der Waals surface area (Å²) in [5.41, 5.74) is -1.44. The van der Waals surface area contributed by atoms with E-state index in [0.29, 0.717) is 22.5 Å². The number of thiazole rings is 1. The summed E-state index contributed by atoms with van der Waals surface area (Å²) < 4.78 is 49.6. The smallest absolute Gasteiger partial charge is 0.420 e. The number of non-ortho nitro benzene ring substituents is 1. The Hall–Kier alpha value is -2.88. The van der Waals surface area contributed by atoms with Crippen molar-refractivity contribution >= 4 is 17.0 Å². The summed E-state index contributed by atoms with van der Waals surface area (Å²) in [6.45, 7) is -0.210. The maximum atomic E-state index is 13.1. The maximum Gasteiger partial charge on any atom is 0.420 e. The maximum absolute atomic E-state index is 13.1. The highest BCUT2D eigenvalue weighted by molar-refractivity contribution is 7.13. The zero-order valence-electron chi connectivity index (χ0n) is 12.3. The van der Waals surface area contributed by atoms with Crippen LogP contribution >= 0.6 is 11.3 Å². The molecule has 0 aliphatic carbocycles. The van der Waals surface area contributed by atoms with Crippen molar-refractivity contribution in [2.24, 2.45) is 0 Å². The predicted octanol–water partition coefficient (Wildman–Crippen LogP) is 4.91. The van der Waals surface area contributed by atoms with Gasteiger partial charge in [0.2, 0.25) is 0 Å². The molecule has 0 saturated heterocycles. The van der Waals surface area contributed by atoms with Crippen molar-refractivity contribution in [2.75, 3.05) is 0 Å². The molecule has 130 valence electrons. The fourth-order valence-electron chi connectivity index (χ4n) is 2.02. The van der Waals surface area contributed by atoms with Crippen LogP contribution in [0.2, 0.25) is 0 Å². The van der Waals surface area contributed by atoms with E-state index in [4.69, 9.17) is 9.15 Å². The van der Waals surface area contributed by atoms with Gasteiger partial charge in [0, 0.05) is 17.5 Å². The van der Waals surface area contributed by atoms with E-state index in [1.807, 2.05) is 0 Å². The molecule has 0 fully saturated rings. The second-order valence-corrected chi connectivity index (χ2v) is 5.70. The molecular weight excluding hydrogens is 361 g/mol. The van der Waals surface area contributed by atoms with Crippen molar-refractivity contribution < 1.29 is 27.2 Å². The van der Waals surface area contributed by atoms with Crippen molar-refractivity contribution in [3.63, 3.8) is 0 Å². The van der Waals surface area contributed by atoms with Crippen LogP contribution in [0.4, 0.5) is 18.9 Å². The largest absolute Gasteiger partial charge is 0.487 e. The van der Waals surface area contributed by atoms with Crippen LogP contribution in [-0.4, -0.2) is 9.91 Å². The van der Waals surface area contributed by atoms with Gasteiger partial charge < -0.3 is 9.15 Å². The van der Waals surface area contributed by atoms with Crippen molar-refractivity contribution in [3.05, 3.63) is 63.3 Å². The molecule has 0 bridgehead atoms. The number of furan rings is 1. The molecule has 1 aromatic carbocycles. The summed E-state index contributed by atoms with van der Waals surface area (Å²) in [5.74, 6) is 0.0493. The number of rotatable bonds is 5. The molecule has 10 heteroatoms. The second-order valence-electron chi connectivity index (χ2n) is 4.85. The van der Waals surface area contributed by atoms with Gasteiger partial charge >= 0.3 is 6.18 Å². The average molecular weight is 370 g/mol. The summed E-state index contributed by atoms with van der Waals surface area (Å²) in [7, 11) is 0. The third-order valence-electron chi connectivity index (χ3n) is 3.14. The first-order chi connectivity index (χ1) is 11.8. The molecule has 0 N–H and O–H groups in total. The zero-order chi connectivity index (χ0) is 18.0. The topological polar surface area (TPSA) is 78.4 Å². The van der Waals surface area contributed by atoms with Crippen LogP contribution in [0.5, 0.6) is 5.75 Å². The van der Waals surface area contributed by atoms with Gasteiger partial charge in [0.15, 0.2) is 10.8 Å². The molecule has 0 atom stereocenters. The minimum atomic E-state index is -4.78. The number of nitro groups is 1. The number of nitro benzene ring substituents is 1. The number of aromatic nitrogens is 1. The van der Waals surface area contributed by atoms with E-state index in [1.54, 1.807) is 17.5 Å². The molecule has 3 aromatic rings. The minimum Gasteiger partial charge on any atom is -0.487 e. The van der Waals surface area contributed by atoms with Crippen molar-refractivity contribution in [1.82, 2.24) is 4.98 Å². The normalized spacial score (nSPS) is 11.5. The Morgan fingerprint density at radius 1 is 1.32 bits per heavy atom. The fourth-order valence-corrected chi connectivity index (χ4v) is 2.79. The first-order valence-electron chi connectivity index (χ1n) is 6.81. The standard InChI is InChI=1S/C15H9F3N2O4S/c16-15(17,18)11-6-10(20(21)22)3-4-12(11)24-7-9-8-25-14(19-9)13-2-1-5-23-13/h1-6,8H,7H2. The molecule has 6 nitrogen and oxygen atoms in total. The van der Waals surface area contributed by atoms with Gasteiger partial charge in [-0.25, -0.2) is 4.98 Å². The Bertz CT molecular complexity index is 891. The molecule has 0 unspecified atom stereocenters. The van der Waals surface area contributed by atoms with Gasteiger partial charge in [-0.05, 0) is 18.2 Å². The monoisotopic (exact) mass is 370 g/mol. The number of nitrogens with zero attached hydrogens (tertiary/aromatic N) is 2. The molecule has 2 aromatic heterocycles. The van der Waals surface area contributed by atoms with E-state index in [9.17, 15) is 23.3 Å². The summed E-state index contributed by atoms with van der Waals surface area (Å²) in [6.07, 6.45) is -3.29. The van der Waals surface area contributed by atoms with Crippen molar-refractivity contribution in [1.29, 1.82) is 0 Å². The number of hydrogen-bond donors (Lipinski definition) is 0. The van der Waals surface area contributed by atoms with Gasteiger partial charge in [-0.2, -0.15) is 13.2 Å². The van der Waals surface area contributed by atoms with Crippen LogP contribution in [0.1, 0.15) is 11.3 Å². The first-order valence-corrected chi connectivity index (χ1v) is 7.69. The van der Waals surface area contributed by atoms with Crippen LogP contribution in [-0.2, 0) is 12.8 Å². The molecule has 25 heavy (non-hydrogen) atoms. The predicted molar refractivity (Wildman–Crippen MR) is 82.2 cm³/mol. The third kappa shape index (κ3) is 3.79. The second kappa shape index (κ2) is 6.55. The molecule has 0 aliphatic heterocycles. The van der Waals surface area contributed by atoms with E-state index in [1.165, 1.54) is 17.6 Å². The highest BCUT2D eigenvalue weighted by Crippen LogP contribution is 2.38. The minimum absolute atomic E-state index is 0.210. The Kier molecular flexibility index (Phi) is 4.45. The summed E-state index contributed by atoms with van der Waals surface area (Å²) >= 11 is 1.26. The summed E-state index contributed by atoms with van der Waals surface area (Å²) in [6, 6.07) is 5.74. The first kappa shape index (κ1) is 17.0. The van der Waals surface area contributed by atoms with Gasteiger partial charge in [0.05, 0.1) is 16.9 Å². The number of hydrogen-bond acceptors (Lipinski definition) is 6. The quantitative estimate of drug-likeness (QED) is 0.471. The Balaban J connectivity index is 1.80. The van der Waals surface area contributed by atoms with Gasteiger partial charge in [-0.15, -0.1) is 11.3 Å². The van der Waals surface area contributed by atoms with Gasteiger partial charge in [0.1, 0.15) is 17.9 Å². The van der Waals surface area contributed by atoms with E-state index in [-0.39, 0.29) is 6.61 Å². The van der Waals surface area contributed by atoms with Crippen LogP contribution in [0, 0.1) is 10.1 Å². The lowest BCUT2D eigenvalue weighted by atomic mass is 10.1. The van der Waals surface area contributed by atoms with E-state index in [0.717, 1.165) is 12.1 Å². The van der Waals surface area contributed by atoms with Crippen LogP contribution < -0.4 is 4.74 Å². The SMILES string of the molecule is O=[N+]([O-])c1ccc(OCc2csc(-c3ccco3)n2)c(C(F)(F)F)c1. The molecule has 2 heterocycles. The van der Waals surface area contributed by atoms with Gasteiger partial charge in [-0.3, -0.25) is 10.1 Å². The van der Waals surface area contributed by atoms with Gasteiger partial charge in [0.25, 0.3) is 5.69 Å². The summed E-state index contributed by atoms with van der Waals surface area (Å²) in [5, 5.41) is 12.9. The fraction of sp³-hybridized carbons (Fsp3) is 0.133. The number of ether oxygens (including phenoxy) is 1. The highest BCUT2D eigenvalue weighted by Gasteiger charge is 2.36. The van der Waals surface area contributed by atoms with E-state index in [2.05, 4.69) is 4.98 Å². The molecular formula is C15H9F3N2O4S. The number of alkyl halides is 3. The van der Waals surface area contributed by atoms with E-state index < -0.39 is 28.1 Å². The molecule has 0 amide bonds. The zero-order valence-corrected chi connectivity index (χ0v) is 13.1. The van der Waals surface area contributed by atoms with Gasteiger partial charge in [-0.1, -0.05) is 0 Å². The molecule has 0 saturated carbocycles. The average Bonchev–Trinajstić information content (AvgIpc) is 3.23. The van der Waals surface area contributed by atoms with Crippen molar-refractivity contribution in [3.8, 4) is 16.5 Å². The Morgan fingerprint density at radius 2 is 2.12 bits per heavy atom. The molecule has 3 rings (SSSR count).